The summed E-state index contributed by atoms with van der Waals surface area (Å²) in [5.41, 5.74) is 5.40. The number of likely N-dealkylation sites (tertiary alicyclic amines) is 1. The predicted molar refractivity (Wildman–Crippen MR) is 104 cm³/mol. The second kappa shape index (κ2) is 12.8. The number of carbonyl (C=O) groups is 1. The predicted octanol–water partition coefficient (Wildman–Crippen LogP) is 0.392. The number of nitrogens with zero attached hydrogens (tertiary/aromatic N) is 2. The Morgan fingerprint density at radius 1 is 1.52 bits per heavy atom. The van der Waals surface area contributed by atoms with Gasteiger partial charge in [0.1, 0.15) is 0 Å². The van der Waals surface area contributed by atoms with Crippen molar-refractivity contribution in [1.82, 2.24) is 15.5 Å². The minimum Gasteiger partial charge on any atom is -0.383 e. The number of hydrogen-bond donors (Lipinski definition) is 3. The highest BCUT2D eigenvalue weighted by molar-refractivity contribution is 14.0. The van der Waals surface area contributed by atoms with Crippen molar-refractivity contribution in [3.63, 3.8) is 0 Å². The van der Waals surface area contributed by atoms with Gasteiger partial charge in [-0.1, -0.05) is 0 Å². The molecule has 1 saturated heterocycles. The van der Waals surface area contributed by atoms with E-state index in [2.05, 4.69) is 20.5 Å². The van der Waals surface area contributed by atoms with Crippen LogP contribution in [0.15, 0.2) is 4.99 Å². The lowest BCUT2D eigenvalue weighted by Gasteiger charge is -2.31. The first-order valence-corrected chi connectivity index (χ1v) is 8.04. The standard InChI is InChI=1S/C15H31N5O2.HI/c1-12(11-22-3)19-15(17-2)18-7-5-9-20-8-4-6-13(10-20)14(16)21;/h12-13H,4-11H2,1-3H3,(H2,16,21)(H2,17,18,19);1H. The van der Waals surface area contributed by atoms with Gasteiger partial charge in [0, 0.05) is 33.3 Å². The van der Waals surface area contributed by atoms with E-state index in [1.165, 1.54) is 0 Å². The number of methoxy groups -OCH3 is 1. The van der Waals surface area contributed by atoms with Crippen LogP contribution in [0.25, 0.3) is 0 Å². The van der Waals surface area contributed by atoms with E-state index in [1.54, 1.807) is 14.2 Å². The summed E-state index contributed by atoms with van der Waals surface area (Å²) in [5.74, 6) is 0.642. The molecule has 0 aromatic heterocycles. The van der Waals surface area contributed by atoms with Crippen molar-refractivity contribution >= 4 is 35.8 Å². The van der Waals surface area contributed by atoms with Crippen molar-refractivity contribution in [2.24, 2.45) is 16.6 Å². The Morgan fingerprint density at radius 3 is 2.87 bits per heavy atom. The minimum absolute atomic E-state index is 0. The fourth-order valence-corrected chi connectivity index (χ4v) is 2.72. The molecule has 0 radical (unpaired) electrons. The van der Waals surface area contributed by atoms with Crippen LogP contribution in [0, 0.1) is 5.92 Å². The van der Waals surface area contributed by atoms with Crippen LogP contribution in [0.4, 0.5) is 0 Å². The molecule has 4 N–H and O–H groups in total. The molecular formula is C15H32IN5O2. The molecule has 1 rings (SSSR count). The van der Waals surface area contributed by atoms with Gasteiger partial charge in [0.25, 0.3) is 0 Å². The van der Waals surface area contributed by atoms with Crippen molar-refractivity contribution in [1.29, 1.82) is 0 Å². The second-order valence-electron chi connectivity index (χ2n) is 5.90. The maximum Gasteiger partial charge on any atom is 0.221 e. The third-order valence-electron chi connectivity index (χ3n) is 3.87. The van der Waals surface area contributed by atoms with E-state index in [1.807, 2.05) is 6.92 Å². The van der Waals surface area contributed by atoms with Crippen LogP contribution in [0.1, 0.15) is 26.2 Å². The number of hydrogen-bond acceptors (Lipinski definition) is 4. The van der Waals surface area contributed by atoms with E-state index in [9.17, 15) is 4.79 Å². The van der Waals surface area contributed by atoms with Gasteiger partial charge in [-0.05, 0) is 39.3 Å². The van der Waals surface area contributed by atoms with E-state index in [0.717, 1.165) is 51.4 Å². The third kappa shape index (κ3) is 9.31. The number of primary amides is 1. The Labute approximate surface area is 156 Å². The molecule has 0 aliphatic carbocycles. The number of nitrogens with two attached hydrogens (primary N) is 1. The summed E-state index contributed by atoms with van der Waals surface area (Å²) in [6.45, 7) is 6.37. The largest absolute Gasteiger partial charge is 0.383 e. The molecule has 1 heterocycles. The summed E-state index contributed by atoms with van der Waals surface area (Å²) >= 11 is 0. The fourth-order valence-electron chi connectivity index (χ4n) is 2.72. The molecule has 0 bridgehead atoms. The highest BCUT2D eigenvalue weighted by Crippen LogP contribution is 2.15. The van der Waals surface area contributed by atoms with Crippen molar-refractivity contribution in [2.45, 2.75) is 32.2 Å². The molecule has 7 nitrogen and oxygen atoms in total. The van der Waals surface area contributed by atoms with Gasteiger partial charge in [-0.2, -0.15) is 0 Å². The van der Waals surface area contributed by atoms with Crippen LogP contribution in [0.2, 0.25) is 0 Å². The van der Waals surface area contributed by atoms with Crippen molar-refractivity contribution in [3.05, 3.63) is 0 Å². The Morgan fingerprint density at radius 2 is 2.26 bits per heavy atom. The van der Waals surface area contributed by atoms with Crippen LogP contribution < -0.4 is 16.4 Å². The zero-order chi connectivity index (χ0) is 16.4. The normalized spacial score (nSPS) is 20.5. The molecule has 2 unspecified atom stereocenters. The zero-order valence-electron chi connectivity index (χ0n) is 14.5. The number of guanidine groups is 1. The van der Waals surface area contributed by atoms with E-state index < -0.39 is 0 Å². The monoisotopic (exact) mass is 441 g/mol. The maximum atomic E-state index is 11.3. The first-order valence-electron chi connectivity index (χ1n) is 8.04. The molecule has 8 heteroatoms. The first-order chi connectivity index (χ1) is 10.6. The molecule has 0 spiro atoms. The van der Waals surface area contributed by atoms with Gasteiger partial charge >= 0.3 is 0 Å². The van der Waals surface area contributed by atoms with E-state index in [4.69, 9.17) is 10.5 Å². The molecule has 23 heavy (non-hydrogen) atoms. The van der Waals surface area contributed by atoms with E-state index in [-0.39, 0.29) is 41.8 Å². The Balaban J connectivity index is 0.00000484. The van der Waals surface area contributed by atoms with Crippen molar-refractivity contribution < 1.29 is 9.53 Å². The van der Waals surface area contributed by atoms with E-state index >= 15 is 0 Å². The molecule has 136 valence electrons. The molecule has 1 amide bonds. The van der Waals surface area contributed by atoms with Crippen LogP contribution >= 0.6 is 24.0 Å². The van der Waals surface area contributed by atoms with Crippen LogP contribution in [0.5, 0.6) is 0 Å². The number of halogens is 1. The van der Waals surface area contributed by atoms with Gasteiger partial charge in [-0.3, -0.25) is 9.79 Å². The topological polar surface area (TPSA) is 92.0 Å². The highest BCUT2D eigenvalue weighted by Gasteiger charge is 2.23. The average Bonchev–Trinajstić information content (AvgIpc) is 2.50. The van der Waals surface area contributed by atoms with Crippen LogP contribution in [-0.2, 0) is 9.53 Å². The lowest BCUT2D eigenvalue weighted by molar-refractivity contribution is -0.123. The Hall–Kier alpha value is -0.610. The maximum absolute atomic E-state index is 11.3. The summed E-state index contributed by atoms with van der Waals surface area (Å²) < 4.78 is 5.09. The quantitative estimate of drug-likeness (QED) is 0.220. The van der Waals surface area contributed by atoms with Gasteiger partial charge in [0.2, 0.25) is 5.91 Å². The minimum atomic E-state index is -0.167. The number of rotatable bonds is 8. The number of nitrogens with one attached hydrogen (secondary N) is 2. The molecule has 0 saturated carbocycles. The number of aliphatic imine (C=N–C) groups is 1. The lowest BCUT2D eigenvalue weighted by Crippen LogP contribution is -2.45. The molecule has 1 fully saturated rings. The summed E-state index contributed by atoms with van der Waals surface area (Å²) in [6, 6.07) is 0.217. The smallest absolute Gasteiger partial charge is 0.221 e. The molecule has 1 aliphatic rings. The molecule has 0 aromatic carbocycles. The van der Waals surface area contributed by atoms with Crippen molar-refractivity contribution in [2.75, 3.05) is 46.9 Å². The second-order valence-corrected chi connectivity index (χ2v) is 5.90. The van der Waals surface area contributed by atoms with Gasteiger partial charge < -0.3 is 26.0 Å². The summed E-state index contributed by atoms with van der Waals surface area (Å²) in [6.07, 6.45) is 2.99. The number of carbonyl (C=O) groups excluding carboxylic acids is 1. The number of ether oxygens (including phenoxy) is 1. The SMILES string of the molecule is CN=C(NCCCN1CCCC(C(N)=O)C1)NC(C)COC.I. The molecule has 1 aliphatic heterocycles. The Kier molecular flexibility index (Phi) is 12.4. The molecule has 0 aromatic rings. The molecular weight excluding hydrogens is 409 g/mol. The highest BCUT2D eigenvalue weighted by atomic mass is 127. The first kappa shape index (κ1) is 22.4. The van der Waals surface area contributed by atoms with Gasteiger partial charge in [-0.25, -0.2) is 0 Å². The molecule has 2 atom stereocenters. The van der Waals surface area contributed by atoms with Gasteiger partial charge in [-0.15, -0.1) is 24.0 Å². The summed E-state index contributed by atoms with van der Waals surface area (Å²) in [7, 11) is 3.45. The lowest BCUT2D eigenvalue weighted by atomic mass is 9.97. The summed E-state index contributed by atoms with van der Waals surface area (Å²) in [5, 5.41) is 6.56. The third-order valence-corrected chi connectivity index (χ3v) is 3.87. The van der Waals surface area contributed by atoms with E-state index in [0.29, 0.717) is 6.61 Å². The average molecular weight is 441 g/mol. The van der Waals surface area contributed by atoms with Gasteiger partial charge in [0.15, 0.2) is 5.96 Å². The number of piperidine rings is 1. The summed E-state index contributed by atoms with van der Waals surface area (Å²) in [4.78, 5) is 17.8. The van der Waals surface area contributed by atoms with Gasteiger partial charge in [0.05, 0.1) is 12.5 Å². The van der Waals surface area contributed by atoms with Crippen LogP contribution in [-0.4, -0.2) is 69.8 Å². The number of amides is 1. The van der Waals surface area contributed by atoms with Crippen LogP contribution in [0.3, 0.4) is 0 Å². The fraction of sp³-hybridized carbons (Fsp3) is 0.867. The Bertz CT molecular complexity index is 368. The zero-order valence-corrected chi connectivity index (χ0v) is 16.8. The van der Waals surface area contributed by atoms with Crippen molar-refractivity contribution in [3.8, 4) is 0 Å².